The van der Waals surface area contributed by atoms with Gasteiger partial charge in [0.25, 0.3) is 0 Å². The quantitative estimate of drug-likeness (QED) is 0.854. The van der Waals surface area contributed by atoms with Crippen LogP contribution in [0.2, 0.25) is 0 Å². The first-order valence-electron chi connectivity index (χ1n) is 7.09. The summed E-state index contributed by atoms with van der Waals surface area (Å²) in [4.78, 5) is 0. The Bertz CT molecular complexity index is 569. The van der Waals surface area contributed by atoms with E-state index in [1.807, 2.05) is 24.3 Å². The fourth-order valence-corrected chi connectivity index (χ4v) is 2.57. The zero-order valence-corrected chi connectivity index (χ0v) is 12.6. The lowest BCUT2D eigenvalue weighted by atomic mass is 10.0. The SMILES string of the molecule is Cc1cc(C)cc(C(C)Nc2ccccc2C(C)O)c1. The molecule has 0 fully saturated rings. The van der Waals surface area contributed by atoms with Gasteiger partial charge in [-0.3, -0.25) is 0 Å². The summed E-state index contributed by atoms with van der Waals surface area (Å²) < 4.78 is 0. The summed E-state index contributed by atoms with van der Waals surface area (Å²) in [7, 11) is 0. The Kier molecular flexibility index (Phi) is 4.46. The minimum Gasteiger partial charge on any atom is -0.389 e. The number of aliphatic hydroxyl groups is 1. The summed E-state index contributed by atoms with van der Waals surface area (Å²) in [5.41, 5.74) is 5.75. The molecule has 0 aliphatic heterocycles. The molecular formula is C18H23NO. The van der Waals surface area contributed by atoms with Crippen LogP contribution >= 0.6 is 0 Å². The Morgan fingerprint density at radius 2 is 1.55 bits per heavy atom. The minimum atomic E-state index is -0.467. The zero-order valence-electron chi connectivity index (χ0n) is 12.6. The molecule has 0 heterocycles. The van der Waals surface area contributed by atoms with Crippen LogP contribution in [0.1, 0.15) is 48.2 Å². The van der Waals surface area contributed by atoms with E-state index in [0.717, 1.165) is 11.3 Å². The lowest BCUT2D eigenvalue weighted by Gasteiger charge is -2.20. The van der Waals surface area contributed by atoms with E-state index < -0.39 is 6.10 Å². The normalized spacial score (nSPS) is 13.8. The highest BCUT2D eigenvalue weighted by molar-refractivity contribution is 5.53. The van der Waals surface area contributed by atoms with Crippen molar-refractivity contribution in [3.05, 3.63) is 64.7 Å². The van der Waals surface area contributed by atoms with Gasteiger partial charge >= 0.3 is 0 Å². The summed E-state index contributed by atoms with van der Waals surface area (Å²) in [6, 6.07) is 14.7. The Labute approximate surface area is 121 Å². The predicted molar refractivity (Wildman–Crippen MR) is 85.0 cm³/mol. The molecule has 0 amide bonds. The fraction of sp³-hybridized carbons (Fsp3) is 0.333. The Hall–Kier alpha value is -1.80. The van der Waals surface area contributed by atoms with E-state index in [1.165, 1.54) is 16.7 Å². The van der Waals surface area contributed by atoms with Crippen molar-refractivity contribution in [1.29, 1.82) is 0 Å². The molecule has 0 aromatic heterocycles. The van der Waals surface area contributed by atoms with E-state index in [1.54, 1.807) is 6.92 Å². The van der Waals surface area contributed by atoms with Gasteiger partial charge in [0.1, 0.15) is 0 Å². The average Bonchev–Trinajstić information content (AvgIpc) is 2.37. The third kappa shape index (κ3) is 3.40. The van der Waals surface area contributed by atoms with Crippen LogP contribution in [0.3, 0.4) is 0 Å². The van der Waals surface area contributed by atoms with E-state index in [0.29, 0.717) is 0 Å². The van der Waals surface area contributed by atoms with Gasteiger partial charge in [-0.25, -0.2) is 0 Å². The van der Waals surface area contributed by atoms with Crippen molar-refractivity contribution < 1.29 is 5.11 Å². The van der Waals surface area contributed by atoms with Gasteiger partial charge in [0.15, 0.2) is 0 Å². The first-order chi connectivity index (χ1) is 9.47. The summed E-state index contributed by atoms with van der Waals surface area (Å²) in [5, 5.41) is 13.3. The van der Waals surface area contributed by atoms with Crippen molar-refractivity contribution in [2.75, 3.05) is 5.32 Å². The molecule has 0 aliphatic carbocycles. The van der Waals surface area contributed by atoms with Crippen LogP contribution in [0.15, 0.2) is 42.5 Å². The number of aryl methyl sites for hydroxylation is 2. The van der Waals surface area contributed by atoms with E-state index >= 15 is 0 Å². The number of nitrogens with one attached hydrogen (secondary N) is 1. The molecule has 0 spiro atoms. The second kappa shape index (κ2) is 6.10. The van der Waals surface area contributed by atoms with E-state index in [4.69, 9.17) is 0 Å². The first-order valence-corrected chi connectivity index (χ1v) is 7.09. The van der Waals surface area contributed by atoms with E-state index in [9.17, 15) is 5.11 Å². The maximum Gasteiger partial charge on any atom is 0.0781 e. The van der Waals surface area contributed by atoms with Gasteiger partial charge < -0.3 is 10.4 Å². The van der Waals surface area contributed by atoms with Crippen LogP contribution in [0.4, 0.5) is 5.69 Å². The van der Waals surface area contributed by atoms with Crippen LogP contribution in [0, 0.1) is 13.8 Å². The lowest BCUT2D eigenvalue weighted by molar-refractivity contribution is 0.200. The molecule has 2 atom stereocenters. The van der Waals surface area contributed by atoms with Crippen molar-refractivity contribution in [2.45, 2.75) is 39.8 Å². The van der Waals surface area contributed by atoms with Crippen LogP contribution in [0.25, 0.3) is 0 Å². The molecule has 2 unspecified atom stereocenters. The number of para-hydroxylation sites is 1. The zero-order chi connectivity index (χ0) is 14.7. The molecule has 0 bridgehead atoms. The molecule has 0 saturated carbocycles. The van der Waals surface area contributed by atoms with Crippen molar-refractivity contribution in [3.63, 3.8) is 0 Å². The minimum absolute atomic E-state index is 0.202. The van der Waals surface area contributed by atoms with Crippen LogP contribution in [-0.4, -0.2) is 5.11 Å². The van der Waals surface area contributed by atoms with Gasteiger partial charge in [-0.1, -0.05) is 47.5 Å². The topological polar surface area (TPSA) is 32.3 Å². The van der Waals surface area contributed by atoms with Crippen LogP contribution in [0.5, 0.6) is 0 Å². The summed E-state index contributed by atoms with van der Waals surface area (Å²) >= 11 is 0. The molecule has 2 rings (SSSR count). The molecule has 2 heteroatoms. The maximum absolute atomic E-state index is 9.84. The van der Waals surface area contributed by atoms with E-state index in [2.05, 4.69) is 44.3 Å². The highest BCUT2D eigenvalue weighted by Gasteiger charge is 2.11. The number of hydrogen-bond donors (Lipinski definition) is 2. The Morgan fingerprint density at radius 3 is 2.15 bits per heavy atom. The van der Waals surface area contributed by atoms with Gasteiger partial charge in [-0.05, 0) is 39.3 Å². The highest BCUT2D eigenvalue weighted by Crippen LogP contribution is 2.27. The van der Waals surface area contributed by atoms with E-state index in [-0.39, 0.29) is 6.04 Å². The molecule has 0 radical (unpaired) electrons. The van der Waals surface area contributed by atoms with Gasteiger partial charge in [0.05, 0.1) is 6.10 Å². The van der Waals surface area contributed by atoms with Gasteiger partial charge in [-0.15, -0.1) is 0 Å². The largest absolute Gasteiger partial charge is 0.389 e. The number of anilines is 1. The second-order valence-corrected chi connectivity index (χ2v) is 5.55. The van der Waals surface area contributed by atoms with Crippen molar-refractivity contribution in [2.24, 2.45) is 0 Å². The Balaban J connectivity index is 2.25. The van der Waals surface area contributed by atoms with Crippen molar-refractivity contribution in [1.82, 2.24) is 0 Å². The number of benzene rings is 2. The molecule has 2 N–H and O–H groups in total. The molecular weight excluding hydrogens is 246 g/mol. The van der Waals surface area contributed by atoms with Gasteiger partial charge in [0, 0.05) is 17.3 Å². The van der Waals surface area contributed by atoms with Gasteiger partial charge in [-0.2, -0.15) is 0 Å². The third-order valence-electron chi connectivity index (χ3n) is 3.53. The number of aliphatic hydroxyl groups excluding tert-OH is 1. The maximum atomic E-state index is 9.84. The highest BCUT2D eigenvalue weighted by atomic mass is 16.3. The predicted octanol–water partition coefficient (Wildman–Crippen LogP) is 4.53. The fourth-order valence-electron chi connectivity index (χ4n) is 2.57. The number of hydrogen-bond acceptors (Lipinski definition) is 2. The third-order valence-corrected chi connectivity index (χ3v) is 3.53. The lowest BCUT2D eigenvalue weighted by Crippen LogP contribution is -2.09. The molecule has 106 valence electrons. The molecule has 0 aliphatic rings. The van der Waals surface area contributed by atoms with Crippen LogP contribution in [-0.2, 0) is 0 Å². The number of rotatable bonds is 4. The summed E-state index contributed by atoms with van der Waals surface area (Å²) in [6.07, 6.45) is -0.467. The first kappa shape index (κ1) is 14.6. The summed E-state index contributed by atoms with van der Waals surface area (Å²) in [5.74, 6) is 0. The Morgan fingerprint density at radius 1 is 0.950 bits per heavy atom. The molecule has 2 aromatic rings. The van der Waals surface area contributed by atoms with Crippen molar-refractivity contribution >= 4 is 5.69 Å². The summed E-state index contributed by atoms with van der Waals surface area (Å²) in [6.45, 7) is 8.18. The van der Waals surface area contributed by atoms with Crippen LogP contribution < -0.4 is 5.32 Å². The molecule has 2 nitrogen and oxygen atoms in total. The average molecular weight is 269 g/mol. The molecule has 20 heavy (non-hydrogen) atoms. The monoisotopic (exact) mass is 269 g/mol. The van der Waals surface area contributed by atoms with Gasteiger partial charge in [0.2, 0.25) is 0 Å². The smallest absolute Gasteiger partial charge is 0.0781 e. The molecule has 0 saturated heterocycles. The van der Waals surface area contributed by atoms with Crippen molar-refractivity contribution in [3.8, 4) is 0 Å². The molecule has 2 aromatic carbocycles. The standard InChI is InChI=1S/C18H23NO/c1-12-9-13(2)11-16(10-12)14(3)19-18-8-6-5-7-17(18)15(4)20/h5-11,14-15,19-20H,1-4H3. The second-order valence-electron chi connectivity index (χ2n) is 5.55.